The van der Waals surface area contributed by atoms with Crippen LogP contribution in [0.15, 0.2) is 11.3 Å². The maximum atomic E-state index is 6.19. The topological polar surface area (TPSA) is 9.23 Å². The number of allylic oxidation sites excluding steroid dienone is 2. The standard InChI is InChI=1S/C13H26OSi/c1-10(2)12-8-7-11(3)13(9-12)14-15(4,5)6/h10,12H,7-9H2,1-6H3/t12-/m0/s1. The zero-order valence-electron chi connectivity index (χ0n) is 11.2. The highest BCUT2D eigenvalue weighted by molar-refractivity contribution is 6.70. The Balaban J connectivity index is 2.69. The molecule has 0 aliphatic heterocycles. The van der Waals surface area contributed by atoms with E-state index in [0.717, 1.165) is 11.8 Å². The Morgan fingerprint density at radius 1 is 1.27 bits per heavy atom. The molecule has 2 heteroatoms. The van der Waals surface area contributed by atoms with Gasteiger partial charge in [-0.25, -0.2) is 0 Å². The van der Waals surface area contributed by atoms with Crippen LogP contribution >= 0.6 is 0 Å². The van der Waals surface area contributed by atoms with Crippen molar-refractivity contribution in [3.05, 3.63) is 11.3 Å². The summed E-state index contributed by atoms with van der Waals surface area (Å²) in [6, 6.07) is 0. The molecule has 0 unspecified atom stereocenters. The van der Waals surface area contributed by atoms with Crippen LogP contribution in [-0.2, 0) is 4.43 Å². The Morgan fingerprint density at radius 2 is 1.87 bits per heavy atom. The van der Waals surface area contributed by atoms with E-state index in [4.69, 9.17) is 4.43 Å². The average Bonchev–Trinajstić information content (AvgIpc) is 2.06. The normalized spacial score (nSPS) is 23.5. The summed E-state index contributed by atoms with van der Waals surface area (Å²) >= 11 is 0. The molecule has 88 valence electrons. The van der Waals surface area contributed by atoms with Crippen LogP contribution in [0.4, 0.5) is 0 Å². The fourth-order valence-corrected chi connectivity index (χ4v) is 3.12. The highest BCUT2D eigenvalue weighted by Gasteiger charge is 2.26. The van der Waals surface area contributed by atoms with E-state index in [2.05, 4.69) is 40.4 Å². The van der Waals surface area contributed by atoms with Crippen molar-refractivity contribution in [2.24, 2.45) is 11.8 Å². The van der Waals surface area contributed by atoms with Crippen molar-refractivity contribution in [3.8, 4) is 0 Å². The Kier molecular flexibility index (Phi) is 4.04. The molecule has 0 amide bonds. The van der Waals surface area contributed by atoms with Gasteiger partial charge in [0.1, 0.15) is 0 Å². The van der Waals surface area contributed by atoms with Gasteiger partial charge in [0.2, 0.25) is 8.32 Å². The van der Waals surface area contributed by atoms with E-state index in [1.54, 1.807) is 0 Å². The summed E-state index contributed by atoms with van der Waals surface area (Å²) < 4.78 is 6.19. The molecule has 0 aromatic rings. The van der Waals surface area contributed by atoms with Gasteiger partial charge >= 0.3 is 0 Å². The third-order valence-corrected chi connectivity index (χ3v) is 4.04. The molecule has 0 saturated heterocycles. The lowest BCUT2D eigenvalue weighted by Crippen LogP contribution is -2.28. The lowest BCUT2D eigenvalue weighted by molar-refractivity contribution is 0.273. The van der Waals surface area contributed by atoms with E-state index in [0.29, 0.717) is 0 Å². The van der Waals surface area contributed by atoms with Crippen molar-refractivity contribution in [1.82, 2.24) is 0 Å². The largest absolute Gasteiger partial charge is 0.547 e. The molecule has 0 heterocycles. The average molecular weight is 226 g/mol. The van der Waals surface area contributed by atoms with Crippen molar-refractivity contribution in [2.45, 2.75) is 59.7 Å². The van der Waals surface area contributed by atoms with Gasteiger partial charge in [0.05, 0.1) is 5.76 Å². The van der Waals surface area contributed by atoms with Gasteiger partial charge in [-0.05, 0) is 56.8 Å². The van der Waals surface area contributed by atoms with Crippen LogP contribution in [0, 0.1) is 11.8 Å². The van der Waals surface area contributed by atoms with Gasteiger partial charge in [-0.3, -0.25) is 0 Å². The maximum absolute atomic E-state index is 6.19. The molecule has 1 nitrogen and oxygen atoms in total. The van der Waals surface area contributed by atoms with Gasteiger partial charge < -0.3 is 4.43 Å². The first-order valence-electron chi connectivity index (χ1n) is 6.17. The van der Waals surface area contributed by atoms with Gasteiger partial charge in [0.15, 0.2) is 0 Å². The lowest BCUT2D eigenvalue weighted by atomic mass is 9.82. The van der Waals surface area contributed by atoms with E-state index in [1.165, 1.54) is 30.6 Å². The summed E-state index contributed by atoms with van der Waals surface area (Å²) in [7, 11) is -1.41. The minimum atomic E-state index is -1.41. The summed E-state index contributed by atoms with van der Waals surface area (Å²) in [5.74, 6) is 2.94. The minimum absolute atomic E-state index is 0.790. The fourth-order valence-electron chi connectivity index (χ4n) is 2.12. The van der Waals surface area contributed by atoms with Crippen molar-refractivity contribution < 1.29 is 4.43 Å². The zero-order chi connectivity index (χ0) is 11.6. The minimum Gasteiger partial charge on any atom is -0.547 e. The summed E-state index contributed by atoms with van der Waals surface area (Å²) in [5.41, 5.74) is 1.49. The molecule has 0 aromatic heterocycles. The van der Waals surface area contributed by atoms with Crippen molar-refractivity contribution in [2.75, 3.05) is 0 Å². The van der Waals surface area contributed by atoms with Crippen LogP contribution in [0.3, 0.4) is 0 Å². The van der Waals surface area contributed by atoms with Crippen LogP contribution in [0.2, 0.25) is 19.6 Å². The predicted molar refractivity (Wildman–Crippen MR) is 69.3 cm³/mol. The quantitative estimate of drug-likeness (QED) is 0.641. The Bertz CT molecular complexity index is 248. The van der Waals surface area contributed by atoms with E-state index in [-0.39, 0.29) is 0 Å². The fraction of sp³-hybridized carbons (Fsp3) is 0.846. The second-order valence-electron chi connectivity index (χ2n) is 6.16. The van der Waals surface area contributed by atoms with E-state index in [9.17, 15) is 0 Å². The maximum Gasteiger partial charge on any atom is 0.241 e. The number of hydrogen-bond donors (Lipinski definition) is 0. The molecule has 0 fully saturated rings. The van der Waals surface area contributed by atoms with Gasteiger partial charge in [-0.2, -0.15) is 0 Å². The van der Waals surface area contributed by atoms with Gasteiger partial charge in [-0.1, -0.05) is 13.8 Å². The predicted octanol–water partition coefficient (Wildman–Crippen LogP) is 4.57. The molecule has 1 atom stereocenters. The molecule has 1 aliphatic rings. The molecule has 0 radical (unpaired) electrons. The molecular formula is C13H26OSi. The SMILES string of the molecule is CC1=C(O[Si](C)(C)C)C[C@@H](C(C)C)CC1. The molecule has 0 bridgehead atoms. The summed E-state index contributed by atoms with van der Waals surface area (Å²) in [5, 5.41) is 0. The van der Waals surface area contributed by atoms with Crippen molar-refractivity contribution in [1.29, 1.82) is 0 Å². The van der Waals surface area contributed by atoms with E-state index < -0.39 is 8.32 Å². The third-order valence-electron chi connectivity index (χ3n) is 3.19. The number of hydrogen-bond acceptors (Lipinski definition) is 1. The van der Waals surface area contributed by atoms with Crippen LogP contribution < -0.4 is 0 Å². The van der Waals surface area contributed by atoms with Gasteiger partial charge in [0, 0.05) is 6.42 Å². The van der Waals surface area contributed by atoms with E-state index in [1.807, 2.05) is 0 Å². The van der Waals surface area contributed by atoms with Crippen LogP contribution in [0.5, 0.6) is 0 Å². The molecular weight excluding hydrogens is 200 g/mol. The second kappa shape index (κ2) is 4.73. The number of rotatable bonds is 3. The Morgan fingerprint density at radius 3 is 2.33 bits per heavy atom. The Hall–Kier alpha value is -0.243. The molecule has 1 rings (SSSR count). The summed E-state index contributed by atoms with van der Waals surface area (Å²) in [4.78, 5) is 0. The summed E-state index contributed by atoms with van der Waals surface area (Å²) in [6.07, 6.45) is 3.76. The monoisotopic (exact) mass is 226 g/mol. The third kappa shape index (κ3) is 4.02. The molecule has 0 spiro atoms. The highest BCUT2D eigenvalue weighted by Crippen LogP contribution is 2.35. The highest BCUT2D eigenvalue weighted by atomic mass is 28.4. The molecule has 15 heavy (non-hydrogen) atoms. The summed E-state index contributed by atoms with van der Waals surface area (Å²) in [6.45, 7) is 13.7. The first kappa shape index (κ1) is 12.8. The smallest absolute Gasteiger partial charge is 0.241 e. The van der Waals surface area contributed by atoms with Crippen molar-refractivity contribution in [3.63, 3.8) is 0 Å². The van der Waals surface area contributed by atoms with Crippen LogP contribution in [0.1, 0.15) is 40.0 Å². The molecule has 0 saturated carbocycles. The first-order valence-corrected chi connectivity index (χ1v) is 9.58. The molecule has 1 aliphatic carbocycles. The van der Waals surface area contributed by atoms with Crippen LogP contribution in [-0.4, -0.2) is 8.32 Å². The zero-order valence-corrected chi connectivity index (χ0v) is 12.2. The van der Waals surface area contributed by atoms with Crippen molar-refractivity contribution >= 4 is 8.32 Å². The molecule has 0 N–H and O–H groups in total. The lowest BCUT2D eigenvalue weighted by Gasteiger charge is -2.32. The molecule has 0 aromatic carbocycles. The van der Waals surface area contributed by atoms with Crippen LogP contribution in [0.25, 0.3) is 0 Å². The Labute approximate surface area is 96.0 Å². The van der Waals surface area contributed by atoms with Gasteiger partial charge in [0.25, 0.3) is 0 Å². The van der Waals surface area contributed by atoms with E-state index >= 15 is 0 Å². The first-order chi connectivity index (χ1) is 6.79. The van der Waals surface area contributed by atoms with Gasteiger partial charge in [-0.15, -0.1) is 0 Å². The second-order valence-corrected chi connectivity index (χ2v) is 10.6.